The van der Waals surface area contributed by atoms with Crippen molar-refractivity contribution in [3.05, 3.63) is 52.5 Å². The van der Waals surface area contributed by atoms with E-state index >= 15 is 0 Å². The van der Waals surface area contributed by atoms with E-state index < -0.39 is 22.5 Å². The molecule has 2 rings (SSSR count). The number of hydrogen-bond donors (Lipinski definition) is 1. The van der Waals surface area contributed by atoms with Crippen molar-refractivity contribution in [2.24, 2.45) is 0 Å². The van der Waals surface area contributed by atoms with Crippen LogP contribution in [0, 0.1) is 0 Å². The van der Waals surface area contributed by atoms with Gasteiger partial charge in [-0.3, -0.25) is 9.10 Å². The number of nitrogens with zero attached hydrogens (tertiary/aromatic N) is 1. The van der Waals surface area contributed by atoms with Gasteiger partial charge in [-0.2, -0.15) is 0 Å². The number of carboxylic acids is 1. The van der Waals surface area contributed by atoms with Crippen molar-refractivity contribution in [3.8, 4) is 5.75 Å². The SMILES string of the molecule is CCOc1ccc(S(=O)(=O)N(CC(=O)O)c2ccc(Cl)c(Cl)c2)cc1. The molecule has 134 valence electrons. The first-order valence-electron chi connectivity index (χ1n) is 7.18. The summed E-state index contributed by atoms with van der Waals surface area (Å²) >= 11 is 11.8. The van der Waals surface area contributed by atoms with Gasteiger partial charge in [0, 0.05) is 0 Å². The molecule has 0 aromatic heterocycles. The maximum Gasteiger partial charge on any atom is 0.324 e. The molecule has 9 heteroatoms. The third kappa shape index (κ3) is 4.56. The summed E-state index contributed by atoms with van der Waals surface area (Å²) < 4.78 is 31.8. The first kappa shape index (κ1) is 19.4. The maximum absolute atomic E-state index is 12.9. The first-order chi connectivity index (χ1) is 11.8. The Kier molecular flexibility index (Phi) is 6.16. The van der Waals surface area contributed by atoms with E-state index in [2.05, 4.69) is 0 Å². The fourth-order valence-electron chi connectivity index (χ4n) is 2.08. The predicted octanol–water partition coefficient (Wildman–Crippen LogP) is 3.67. The lowest BCUT2D eigenvalue weighted by Gasteiger charge is -2.23. The Morgan fingerprint density at radius 2 is 1.76 bits per heavy atom. The van der Waals surface area contributed by atoms with E-state index in [0.717, 1.165) is 4.31 Å². The van der Waals surface area contributed by atoms with Crippen molar-refractivity contribution in [2.45, 2.75) is 11.8 Å². The molecule has 0 aliphatic rings. The molecule has 0 fully saturated rings. The van der Waals surface area contributed by atoms with Crippen LogP contribution < -0.4 is 9.04 Å². The van der Waals surface area contributed by atoms with Gasteiger partial charge in [-0.05, 0) is 49.4 Å². The molecule has 0 saturated heterocycles. The molecule has 0 atom stereocenters. The minimum absolute atomic E-state index is 0.0664. The highest BCUT2D eigenvalue weighted by molar-refractivity contribution is 7.92. The zero-order valence-corrected chi connectivity index (χ0v) is 15.5. The second-order valence-corrected chi connectivity index (χ2v) is 7.58. The Bertz CT molecular complexity index is 869. The standard InChI is InChI=1S/C16H15Cl2NO5S/c1-2-24-12-4-6-13(7-5-12)25(22,23)19(10-16(20)21)11-3-8-14(17)15(18)9-11/h3-9H,2,10H2,1H3,(H,20,21). The van der Waals surface area contributed by atoms with Crippen LogP contribution in [0.25, 0.3) is 0 Å². The second kappa shape index (κ2) is 7.95. The van der Waals surface area contributed by atoms with Crippen LogP contribution >= 0.6 is 23.2 Å². The average Bonchev–Trinajstić information content (AvgIpc) is 2.56. The third-order valence-corrected chi connectivity index (χ3v) is 5.72. The molecule has 2 aromatic rings. The summed E-state index contributed by atoms with van der Waals surface area (Å²) in [5, 5.41) is 9.47. The Balaban J connectivity index is 2.47. The summed E-state index contributed by atoms with van der Waals surface area (Å²) in [4.78, 5) is 11.1. The highest BCUT2D eigenvalue weighted by Crippen LogP contribution is 2.30. The minimum atomic E-state index is -4.12. The zero-order chi connectivity index (χ0) is 18.6. The lowest BCUT2D eigenvalue weighted by atomic mass is 10.3. The molecule has 1 N–H and O–H groups in total. The van der Waals surface area contributed by atoms with Crippen LogP contribution in [0.5, 0.6) is 5.75 Å². The number of aliphatic carboxylic acids is 1. The van der Waals surface area contributed by atoms with Crippen LogP contribution in [0.3, 0.4) is 0 Å². The molecule has 2 aromatic carbocycles. The number of sulfonamides is 1. The van der Waals surface area contributed by atoms with E-state index in [1.54, 1.807) is 0 Å². The van der Waals surface area contributed by atoms with Gasteiger partial charge in [0.25, 0.3) is 10.0 Å². The molecule has 0 amide bonds. The van der Waals surface area contributed by atoms with Crippen LogP contribution in [0.4, 0.5) is 5.69 Å². The summed E-state index contributed by atoms with van der Waals surface area (Å²) in [6.07, 6.45) is 0. The fourth-order valence-corrected chi connectivity index (χ4v) is 3.78. The van der Waals surface area contributed by atoms with Gasteiger partial charge < -0.3 is 9.84 Å². The van der Waals surface area contributed by atoms with E-state index in [1.807, 2.05) is 6.92 Å². The first-order valence-corrected chi connectivity index (χ1v) is 9.37. The Morgan fingerprint density at radius 1 is 1.12 bits per heavy atom. The molecule has 0 bridgehead atoms. The monoisotopic (exact) mass is 403 g/mol. The second-order valence-electron chi connectivity index (χ2n) is 4.91. The van der Waals surface area contributed by atoms with E-state index in [1.165, 1.54) is 42.5 Å². The molecular weight excluding hydrogens is 389 g/mol. The highest BCUT2D eigenvalue weighted by atomic mass is 35.5. The number of carbonyl (C=O) groups is 1. The Labute approximate surface area is 155 Å². The number of anilines is 1. The van der Waals surface area contributed by atoms with Gasteiger partial charge in [-0.15, -0.1) is 0 Å². The smallest absolute Gasteiger partial charge is 0.324 e. The number of hydrogen-bond acceptors (Lipinski definition) is 4. The fraction of sp³-hybridized carbons (Fsp3) is 0.188. The number of benzene rings is 2. The Morgan fingerprint density at radius 3 is 2.28 bits per heavy atom. The lowest BCUT2D eigenvalue weighted by molar-refractivity contribution is -0.135. The summed E-state index contributed by atoms with van der Waals surface area (Å²) in [5.74, 6) is -0.790. The normalized spacial score (nSPS) is 11.2. The third-order valence-electron chi connectivity index (χ3n) is 3.19. The predicted molar refractivity (Wildman–Crippen MR) is 96.2 cm³/mol. The van der Waals surface area contributed by atoms with Gasteiger partial charge in [0.2, 0.25) is 0 Å². The molecule has 0 radical (unpaired) electrons. The Hall–Kier alpha value is -1.96. The van der Waals surface area contributed by atoms with Crippen LogP contribution in [0.1, 0.15) is 6.92 Å². The van der Waals surface area contributed by atoms with Crippen molar-refractivity contribution in [1.82, 2.24) is 0 Å². The molecule has 0 aliphatic carbocycles. The molecule has 0 spiro atoms. The average molecular weight is 404 g/mol. The van der Waals surface area contributed by atoms with E-state index in [-0.39, 0.29) is 20.6 Å². The number of rotatable bonds is 7. The van der Waals surface area contributed by atoms with Crippen LogP contribution in [0.2, 0.25) is 10.0 Å². The van der Waals surface area contributed by atoms with Crippen LogP contribution in [0.15, 0.2) is 47.4 Å². The molecule has 0 heterocycles. The summed E-state index contributed by atoms with van der Waals surface area (Å²) in [6, 6.07) is 9.82. The number of carboxylic acid groups (broad SMARTS) is 1. The van der Waals surface area contributed by atoms with Gasteiger partial charge in [-0.1, -0.05) is 23.2 Å². The van der Waals surface area contributed by atoms with Crippen molar-refractivity contribution >= 4 is 44.9 Å². The maximum atomic E-state index is 12.9. The van der Waals surface area contributed by atoms with Crippen molar-refractivity contribution in [1.29, 1.82) is 0 Å². The summed E-state index contributed by atoms with van der Waals surface area (Å²) in [5.41, 5.74) is 0.102. The van der Waals surface area contributed by atoms with Gasteiger partial charge in [0.05, 0.1) is 27.2 Å². The molecule has 0 unspecified atom stereocenters. The number of halogens is 2. The van der Waals surface area contributed by atoms with Gasteiger partial charge in [0.1, 0.15) is 12.3 Å². The molecule has 0 aliphatic heterocycles. The van der Waals surface area contributed by atoms with Gasteiger partial charge in [-0.25, -0.2) is 8.42 Å². The van der Waals surface area contributed by atoms with E-state index in [9.17, 15) is 13.2 Å². The minimum Gasteiger partial charge on any atom is -0.494 e. The van der Waals surface area contributed by atoms with Crippen molar-refractivity contribution < 1.29 is 23.1 Å². The van der Waals surface area contributed by atoms with E-state index in [0.29, 0.717) is 12.4 Å². The quantitative estimate of drug-likeness (QED) is 0.761. The van der Waals surface area contributed by atoms with Gasteiger partial charge in [0.15, 0.2) is 0 Å². The molecule has 25 heavy (non-hydrogen) atoms. The largest absolute Gasteiger partial charge is 0.494 e. The van der Waals surface area contributed by atoms with E-state index in [4.69, 9.17) is 33.0 Å². The highest BCUT2D eigenvalue weighted by Gasteiger charge is 2.27. The van der Waals surface area contributed by atoms with Gasteiger partial charge >= 0.3 is 5.97 Å². The van der Waals surface area contributed by atoms with Crippen LogP contribution in [-0.2, 0) is 14.8 Å². The molecule has 6 nitrogen and oxygen atoms in total. The summed E-state index contributed by atoms with van der Waals surface area (Å²) in [6.45, 7) is 1.50. The van der Waals surface area contributed by atoms with Crippen molar-refractivity contribution in [3.63, 3.8) is 0 Å². The molecular formula is C16H15Cl2NO5S. The van der Waals surface area contributed by atoms with Crippen molar-refractivity contribution in [2.75, 3.05) is 17.5 Å². The molecule has 0 saturated carbocycles. The zero-order valence-electron chi connectivity index (χ0n) is 13.1. The lowest BCUT2D eigenvalue weighted by Crippen LogP contribution is -2.35. The van der Waals surface area contributed by atoms with Crippen LogP contribution in [-0.4, -0.2) is 32.6 Å². The topological polar surface area (TPSA) is 83.9 Å². The summed E-state index contributed by atoms with van der Waals surface area (Å²) in [7, 11) is -4.12. The number of ether oxygens (including phenoxy) is 1.